The Morgan fingerprint density at radius 3 is 1.89 bits per heavy atom. The third-order valence-corrected chi connectivity index (χ3v) is 3.57. The van der Waals surface area contributed by atoms with Gasteiger partial charge >= 0.3 is 0 Å². The summed E-state index contributed by atoms with van der Waals surface area (Å²) in [5, 5.41) is -0.509. The summed E-state index contributed by atoms with van der Waals surface area (Å²) in [6, 6.07) is 0. The number of ketones is 1. The van der Waals surface area contributed by atoms with Gasteiger partial charge in [-0.3, -0.25) is 14.4 Å². The van der Waals surface area contributed by atoms with E-state index in [4.69, 9.17) is 17.3 Å². The van der Waals surface area contributed by atoms with Crippen molar-refractivity contribution in [2.45, 2.75) is 58.8 Å². The van der Waals surface area contributed by atoms with Gasteiger partial charge < -0.3 is 10.6 Å². The van der Waals surface area contributed by atoms with Crippen molar-refractivity contribution >= 4 is 28.5 Å². The Morgan fingerprint density at radius 2 is 1.52 bits per heavy atom. The summed E-state index contributed by atoms with van der Waals surface area (Å²) in [6.07, 6.45) is 11.0. The van der Waals surface area contributed by atoms with E-state index in [0.29, 0.717) is 19.5 Å². The number of allylic oxidation sites excluding steroid dienone is 2. The van der Waals surface area contributed by atoms with E-state index in [1.54, 1.807) is 4.90 Å². The highest BCUT2D eigenvalue weighted by Crippen LogP contribution is 2.01. The lowest BCUT2D eigenvalue weighted by Gasteiger charge is -2.18. The Labute approximate surface area is 170 Å². The second-order valence-corrected chi connectivity index (χ2v) is 5.98. The maximum absolute atomic E-state index is 11.3. The third kappa shape index (κ3) is 26.6. The Hall–Kier alpha value is -1.72. The van der Waals surface area contributed by atoms with E-state index in [1.165, 1.54) is 37.8 Å². The summed E-state index contributed by atoms with van der Waals surface area (Å²) >= 11 is 4.71. The molecular formula is C21H37ClN2O3. The number of carbonyl (C=O) groups is 3. The van der Waals surface area contributed by atoms with Crippen LogP contribution in [0.3, 0.4) is 0 Å². The molecule has 0 aromatic carbocycles. The number of rotatable bonds is 13. The number of unbranched alkanes of at least 4 members (excludes halogenated alkanes) is 4. The largest absolute Gasteiger partial charge is 0.339 e. The summed E-state index contributed by atoms with van der Waals surface area (Å²) in [5.41, 5.74) is 5.27. The fraction of sp³-hybridized carbons (Fsp3) is 0.571. The predicted octanol–water partition coefficient (Wildman–Crippen LogP) is 4.41. The molecule has 27 heavy (non-hydrogen) atoms. The van der Waals surface area contributed by atoms with Crippen LogP contribution in [-0.2, 0) is 14.4 Å². The molecule has 0 aliphatic heterocycles. The van der Waals surface area contributed by atoms with Gasteiger partial charge in [-0.25, -0.2) is 0 Å². The molecule has 0 atom stereocenters. The van der Waals surface area contributed by atoms with Crippen molar-refractivity contribution in [2.75, 3.05) is 19.6 Å². The molecule has 1 amide bonds. The average molecular weight is 401 g/mol. The number of carbonyl (C=O) groups excluding carboxylic acids is 3. The molecule has 0 aromatic rings. The zero-order valence-corrected chi connectivity index (χ0v) is 17.8. The number of halogens is 1. The van der Waals surface area contributed by atoms with Crippen molar-refractivity contribution < 1.29 is 14.4 Å². The predicted molar refractivity (Wildman–Crippen MR) is 116 cm³/mol. The molecule has 0 saturated heterocycles. The molecule has 0 heterocycles. The Morgan fingerprint density at radius 1 is 0.926 bits per heavy atom. The first-order chi connectivity index (χ1) is 12.8. The number of hydrogen-bond donors (Lipinski definition) is 1. The van der Waals surface area contributed by atoms with E-state index in [-0.39, 0.29) is 11.7 Å². The first kappa shape index (κ1) is 30.0. The molecule has 6 heteroatoms. The maximum atomic E-state index is 11.3. The Bertz CT molecular complexity index is 433. The van der Waals surface area contributed by atoms with Crippen molar-refractivity contribution in [3.8, 4) is 0 Å². The zero-order chi connectivity index (χ0) is 21.5. The summed E-state index contributed by atoms with van der Waals surface area (Å²) in [4.78, 5) is 33.3. The SMILES string of the molecule is C=CC(=O)CCCCN(CC)C(=O)C=C.C=CC(=O)Cl.CCCCCCN. The van der Waals surface area contributed by atoms with Crippen LogP contribution in [0.2, 0.25) is 0 Å². The van der Waals surface area contributed by atoms with E-state index in [0.717, 1.165) is 25.5 Å². The molecule has 0 aliphatic rings. The van der Waals surface area contributed by atoms with Crippen molar-refractivity contribution in [3.05, 3.63) is 38.0 Å². The van der Waals surface area contributed by atoms with Crippen LogP contribution in [0.15, 0.2) is 38.0 Å². The van der Waals surface area contributed by atoms with E-state index < -0.39 is 5.24 Å². The standard InChI is InChI=1S/C12H19NO2.C6H15N.C3H3ClO/c1-4-11(14)9-7-8-10-13(6-3)12(15)5-2;1-2-3-4-5-6-7;1-2-3(4)5/h4-5H,1-2,6-10H2,3H3;2-7H2,1H3;2H,1H2. The minimum absolute atomic E-state index is 0.0486. The minimum atomic E-state index is -0.509. The average Bonchev–Trinajstić information content (AvgIpc) is 2.68. The van der Waals surface area contributed by atoms with Gasteiger partial charge in [-0.1, -0.05) is 45.9 Å². The molecule has 0 radical (unpaired) electrons. The number of hydrogen-bond acceptors (Lipinski definition) is 4. The van der Waals surface area contributed by atoms with Gasteiger partial charge in [0.2, 0.25) is 11.1 Å². The zero-order valence-electron chi connectivity index (χ0n) is 17.1. The van der Waals surface area contributed by atoms with Crippen LogP contribution in [0.5, 0.6) is 0 Å². The van der Waals surface area contributed by atoms with Gasteiger partial charge in [-0.2, -0.15) is 0 Å². The lowest BCUT2D eigenvalue weighted by atomic mass is 10.1. The molecule has 0 unspecified atom stereocenters. The van der Waals surface area contributed by atoms with Gasteiger partial charge in [0, 0.05) is 19.5 Å². The smallest absolute Gasteiger partial charge is 0.245 e. The van der Waals surface area contributed by atoms with Crippen LogP contribution in [-0.4, -0.2) is 41.5 Å². The lowest BCUT2D eigenvalue weighted by molar-refractivity contribution is -0.125. The van der Waals surface area contributed by atoms with Crippen molar-refractivity contribution in [3.63, 3.8) is 0 Å². The van der Waals surface area contributed by atoms with Gasteiger partial charge in [0.15, 0.2) is 5.78 Å². The van der Waals surface area contributed by atoms with E-state index >= 15 is 0 Å². The monoisotopic (exact) mass is 400 g/mol. The van der Waals surface area contributed by atoms with Gasteiger partial charge in [-0.15, -0.1) is 0 Å². The number of nitrogens with zero attached hydrogens (tertiary/aromatic N) is 1. The molecule has 0 aromatic heterocycles. The first-order valence-corrected chi connectivity index (χ1v) is 9.80. The van der Waals surface area contributed by atoms with Crippen molar-refractivity contribution in [2.24, 2.45) is 5.73 Å². The lowest BCUT2D eigenvalue weighted by Crippen LogP contribution is -2.30. The van der Waals surface area contributed by atoms with Crippen LogP contribution in [0.4, 0.5) is 0 Å². The van der Waals surface area contributed by atoms with Crippen molar-refractivity contribution in [1.82, 2.24) is 4.90 Å². The number of likely N-dealkylation sites (N-methyl/N-ethyl adjacent to an activating group) is 1. The summed E-state index contributed by atoms with van der Waals surface area (Å²) in [6.45, 7) is 16.3. The second-order valence-electron chi connectivity index (χ2n) is 5.61. The van der Waals surface area contributed by atoms with Gasteiger partial charge in [0.1, 0.15) is 0 Å². The van der Waals surface area contributed by atoms with Gasteiger partial charge in [-0.05, 0) is 62.6 Å². The molecule has 0 aliphatic carbocycles. The Kier molecular flexibility index (Phi) is 27.0. The first-order valence-electron chi connectivity index (χ1n) is 9.42. The molecule has 0 rings (SSSR count). The summed E-state index contributed by atoms with van der Waals surface area (Å²) < 4.78 is 0. The molecule has 5 nitrogen and oxygen atoms in total. The van der Waals surface area contributed by atoms with Crippen LogP contribution < -0.4 is 5.73 Å². The molecule has 0 saturated carbocycles. The summed E-state index contributed by atoms with van der Waals surface area (Å²) in [7, 11) is 0. The number of amides is 1. The Balaban J connectivity index is -0.000000396. The van der Waals surface area contributed by atoms with Crippen LogP contribution >= 0.6 is 11.6 Å². The third-order valence-electron chi connectivity index (χ3n) is 3.42. The maximum Gasteiger partial charge on any atom is 0.245 e. The molecular weight excluding hydrogens is 364 g/mol. The van der Waals surface area contributed by atoms with E-state index in [1.807, 2.05) is 6.92 Å². The summed E-state index contributed by atoms with van der Waals surface area (Å²) in [5.74, 6) is 0.0145. The topological polar surface area (TPSA) is 80.5 Å². The fourth-order valence-electron chi connectivity index (χ4n) is 1.83. The molecule has 2 N–H and O–H groups in total. The van der Waals surface area contributed by atoms with Crippen LogP contribution in [0.25, 0.3) is 0 Å². The minimum Gasteiger partial charge on any atom is -0.339 e. The van der Waals surface area contributed by atoms with E-state index in [2.05, 4.69) is 26.7 Å². The molecule has 0 spiro atoms. The van der Waals surface area contributed by atoms with Gasteiger partial charge in [0.25, 0.3) is 0 Å². The highest BCUT2D eigenvalue weighted by atomic mass is 35.5. The normalized spacial score (nSPS) is 8.89. The van der Waals surface area contributed by atoms with Crippen LogP contribution in [0, 0.1) is 0 Å². The number of nitrogens with two attached hydrogens (primary N) is 1. The highest BCUT2D eigenvalue weighted by Gasteiger charge is 2.06. The highest BCUT2D eigenvalue weighted by molar-refractivity contribution is 6.66. The second kappa shape index (κ2) is 24.3. The van der Waals surface area contributed by atoms with Crippen molar-refractivity contribution in [1.29, 1.82) is 0 Å². The quantitative estimate of drug-likeness (QED) is 0.282. The fourth-order valence-corrected chi connectivity index (χ4v) is 1.83. The van der Waals surface area contributed by atoms with Gasteiger partial charge in [0.05, 0.1) is 0 Å². The van der Waals surface area contributed by atoms with Crippen LogP contribution in [0.1, 0.15) is 58.8 Å². The van der Waals surface area contributed by atoms with E-state index in [9.17, 15) is 14.4 Å². The molecule has 0 bridgehead atoms. The molecule has 156 valence electrons. The molecule has 0 fully saturated rings.